The first-order chi connectivity index (χ1) is 16.0. The molecule has 12 heteroatoms. The predicted molar refractivity (Wildman–Crippen MR) is 115 cm³/mol. The second-order valence-electron chi connectivity index (χ2n) is 7.21. The van der Waals surface area contributed by atoms with Gasteiger partial charge in [-0.1, -0.05) is 18.2 Å². The smallest absolute Gasteiger partial charge is 0.416 e. The van der Waals surface area contributed by atoms with Gasteiger partial charge in [-0.25, -0.2) is 18.0 Å². The fourth-order valence-electron chi connectivity index (χ4n) is 3.39. The Morgan fingerprint density at radius 3 is 2.47 bits per heavy atom. The SMILES string of the molecule is CCOC(=O)C1=C(CS(=O)(=O)c2cccc(C(F)(F)F)c2)NC(=O)N[C@H]1c1cccc(OC)c1. The molecular formula is C22H21F3N2O6S. The lowest BCUT2D eigenvalue weighted by molar-refractivity contribution is -0.139. The van der Waals surface area contributed by atoms with E-state index >= 15 is 0 Å². The third kappa shape index (κ3) is 5.50. The summed E-state index contributed by atoms with van der Waals surface area (Å²) >= 11 is 0. The first-order valence-corrected chi connectivity index (χ1v) is 11.6. The number of nitrogens with one attached hydrogen (secondary N) is 2. The second-order valence-corrected chi connectivity index (χ2v) is 9.20. The Kier molecular flexibility index (Phi) is 7.20. The molecule has 2 aromatic rings. The molecule has 0 aromatic heterocycles. The van der Waals surface area contributed by atoms with E-state index in [-0.39, 0.29) is 17.9 Å². The molecule has 2 aromatic carbocycles. The van der Waals surface area contributed by atoms with Crippen LogP contribution in [0.4, 0.5) is 18.0 Å². The molecule has 0 fully saturated rings. The number of urea groups is 1. The third-order valence-electron chi connectivity index (χ3n) is 4.93. The fourth-order valence-corrected chi connectivity index (χ4v) is 4.76. The maximum Gasteiger partial charge on any atom is 0.416 e. The van der Waals surface area contributed by atoms with Gasteiger partial charge in [-0.3, -0.25) is 0 Å². The van der Waals surface area contributed by atoms with Crippen molar-refractivity contribution >= 4 is 21.8 Å². The van der Waals surface area contributed by atoms with Crippen molar-refractivity contribution in [1.29, 1.82) is 0 Å². The van der Waals surface area contributed by atoms with E-state index in [1.54, 1.807) is 31.2 Å². The van der Waals surface area contributed by atoms with Gasteiger partial charge in [0.15, 0.2) is 9.84 Å². The highest BCUT2D eigenvalue weighted by molar-refractivity contribution is 7.91. The van der Waals surface area contributed by atoms with Crippen molar-refractivity contribution in [3.8, 4) is 5.75 Å². The molecule has 1 aliphatic rings. The summed E-state index contributed by atoms with van der Waals surface area (Å²) in [5.74, 6) is -1.40. The number of rotatable bonds is 7. The Balaban J connectivity index is 2.11. The molecule has 0 bridgehead atoms. The zero-order valence-electron chi connectivity index (χ0n) is 18.1. The van der Waals surface area contributed by atoms with Crippen LogP contribution in [0.25, 0.3) is 0 Å². The van der Waals surface area contributed by atoms with Crippen molar-refractivity contribution in [2.75, 3.05) is 19.5 Å². The van der Waals surface area contributed by atoms with Crippen LogP contribution >= 0.6 is 0 Å². The van der Waals surface area contributed by atoms with Gasteiger partial charge in [0.2, 0.25) is 0 Å². The predicted octanol–water partition coefficient (Wildman–Crippen LogP) is 3.36. The van der Waals surface area contributed by atoms with Gasteiger partial charge < -0.3 is 20.1 Å². The molecule has 1 atom stereocenters. The lowest BCUT2D eigenvalue weighted by Gasteiger charge is -2.29. The second kappa shape index (κ2) is 9.75. The summed E-state index contributed by atoms with van der Waals surface area (Å²) < 4.78 is 75.5. The van der Waals surface area contributed by atoms with Gasteiger partial charge in [-0.15, -0.1) is 0 Å². The first-order valence-electron chi connectivity index (χ1n) is 9.98. The number of alkyl halides is 3. The number of sulfone groups is 1. The van der Waals surface area contributed by atoms with E-state index in [0.717, 1.165) is 18.2 Å². The molecule has 2 N–H and O–H groups in total. The topological polar surface area (TPSA) is 111 Å². The zero-order chi connectivity index (χ0) is 25.1. The van der Waals surface area contributed by atoms with Gasteiger partial charge in [0.05, 0.1) is 41.5 Å². The normalized spacial score (nSPS) is 16.5. The van der Waals surface area contributed by atoms with Gasteiger partial charge in [-0.05, 0) is 42.8 Å². The summed E-state index contributed by atoms with van der Waals surface area (Å²) in [6.07, 6.45) is -4.75. The quantitative estimate of drug-likeness (QED) is 0.567. The van der Waals surface area contributed by atoms with Gasteiger partial charge in [0.1, 0.15) is 5.75 Å². The molecule has 1 aliphatic heterocycles. The van der Waals surface area contributed by atoms with Crippen molar-refractivity contribution < 1.29 is 40.7 Å². The van der Waals surface area contributed by atoms with Crippen LogP contribution < -0.4 is 15.4 Å². The maximum absolute atomic E-state index is 13.1. The van der Waals surface area contributed by atoms with Crippen LogP contribution in [0, 0.1) is 0 Å². The van der Waals surface area contributed by atoms with Crippen LogP contribution in [-0.2, 0) is 25.5 Å². The van der Waals surface area contributed by atoms with Crippen LogP contribution in [-0.4, -0.2) is 39.9 Å². The largest absolute Gasteiger partial charge is 0.497 e. The molecule has 0 spiro atoms. The number of carbonyl (C=O) groups is 2. The molecule has 2 amide bonds. The number of ether oxygens (including phenoxy) is 2. The lowest BCUT2D eigenvalue weighted by atomic mass is 9.95. The van der Waals surface area contributed by atoms with E-state index in [0.29, 0.717) is 17.4 Å². The van der Waals surface area contributed by atoms with E-state index in [1.807, 2.05) is 0 Å². The summed E-state index contributed by atoms with van der Waals surface area (Å²) in [6.45, 7) is 1.52. The van der Waals surface area contributed by atoms with Gasteiger partial charge in [0, 0.05) is 5.70 Å². The van der Waals surface area contributed by atoms with Crippen molar-refractivity contribution in [1.82, 2.24) is 10.6 Å². The van der Waals surface area contributed by atoms with Crippen LogP contribution in [0.15, 0.2) is 64.7 Å². The molecule has 0 saturated heterocycles. The number of benzene rings is 2. The number of methoxy groups -OCH3 is 1. The number of halogens is 3. The minimum atomic E-state index is -4.75. The lowest BCUT2D eigenvalue weighted by Crippen LogP contribution is -2.47. The van der Waals surface area contributed by atoms with E-state index < -0.39 is 50.3 Å². The van der Waals surface area contributed by atoms with Crippen LogP contribution in [0.1, 0.15) is 24.1 Å². The molecule has 1 heterocycles. The molecule has 0 saturated carbocycles. The molecule has 0 radical (unpaired) electrons. The average molecular weight is 498 g/mol. The van der Waals surface area contributed by atoms with Gasteiger partial charge in [0.25, 0.3) is 0 Å². The van der Waals surface area contributed by atoms with E-state index in [4.69, 9.17) is 9.47 Å². The van der Waals surface area contributed by atoms with Gasteiger partial charge in [-0.2, -0.15) is 13.2 Å². The Morgan fingerprint density at radius 1 is 1.12 bits per heavy atom. The molecule has 182 valence electrons. The number of hydrogen-bond donors (Lipinski definition) is 2. The summed E-state index contributed by atoms with van der Waals surface area (Å²) in [5, 5.41) is 4.85. The van der Waals surface area contributed by atoms with Crippen LogP contribution in [0.2, 0.25) is 0 Å². The highest BCUT2D eigenvalue weighted by Gasteiger charge is 2.37. The summed E-state index contributed by atoms with van der Waals surface area (Å²) in [6, 6.07) is 7.74. The van der Waals surface area contributed by atoms with Crippen molar-refractivity contribution in [2.24, 2.45) is 0 Å². The summed E-state index contributed by atoms with van der Waals surface area (Å²) in [5.41, 5.74) is -1.22. The molecule has 3 rings (SSSR count). The summed E-state index contributed by atoms with van der Waals surface area (Å²) in [7, 11) is -2.97. The van der Waals surface area contributed by atoms with E-state index in [2.05, 4.69) is 10.6 Å². The minimum Gasteiger partial charge on any atom is -0.497 e. The van der Waals surface area contributed by atoms with Crippen molar-refractivity contribution in [3.63, 3.8) is 0 Å². The maximum atomic E-state index is 13.1. The van der Waals surface area contributed by atoms with E-state index in [1.165, 1.54) is 7.11 Å². The monoisotopic (exact) mass is 498 g/mol. The Bertz CT molecular complexity index is 1240. The van der Waals surface area contributed by atoms with Crippen LogP contribution in [0.5, 0.6) is 5.75 Å². The number of hydrogen-bond acceptors (Lipinski definition) is 6. The fraction of sp³-hybridized carbons (Fsp3) is 0.273. The minimum absolute atomic E-state index is 0.0330. The molecule has 8 nitrogen and oxygen atoms in total. The average Bonchev–Trinajstić information content (AvgIpc) is 2.78. The third-order valence-corrected chi connectivity index (χ3v) is 6.57. The van der Waals surface area contributed by atoms with Crippen molar-refractivity contribution in [2.45, 2.75) is 24.0 Å². The summed E-state index contributed by atoms with van der Waals surface area (Å²) in [4.78, 5) is 24.6. The Morgan fingerprint density at radius 2 is 1.82 bits per heavy atom. The Labute approximate surface area is 193 Å². The Hall–Kier alpha value is -3.54. The molecule has 0 aliphatic carbocycles. The number of amides is 2. The molecule has 34 heavy (non-hydrogen) atoms. The number of esters is 1. The first kappa shape index (κ1) is 25.1. The highest BCUT2D eigenvalue weighted by atomic mass is 32.2. The molecule has 0 unspecified atom stereocenters. The van der Waals surface area contributed by atoms with Crippen molar-refractivity contribution in [3.05, 3.63) is 70.9 Å². The molecular weight excluding hydrogens is 477 g/mol. The zero-order valence-corrected chi connectivity index (χ0v) is 18.9. The standard InChI is InChI=1S/C22H21F3N2O6S/c1-3-33-20(28)18-17(12-34(30,31)16-9-5-7-14(11-16)22(23,24)25)26-21(29)27-19(18)13-6-4-8-15(10-13)32-2/h4-11,19H,3,12H2,1-2H3,(H2,26,27,29)/t19-/m0/s1. The van der Waals surface area contributed by atoms with Gasteiger partial charge >= 0.3 is 18.2 Å². The van der Waals surface area contributed by atoms with Crippen LogP contribution in [0.3, 0.4) is 0 Å². The number of carbonyl (C=O) groups excluding carboxylic acids is 2. The highest BCUT2D eigenvalue weighted by Crippen LogP contribution is 2.33. The van der Waals surface area contributed by atoms with E-state index in [9.17, 15) is 31.2 Å².